The summed E-state index contributed by atoms with van der Waals surface area (Å²) in [5.74, 6) is -1.98. The zero-order chi connectivity index (χ0) is 19.2. The summed E-state index contributed by atoms with van der Waals surface area (Å²) in [6.07, 6.45) is 1.31. The molecule has 4 nitrogen and oxygen atoms in total. The van der Waals surface area contributed by atoms with Crippen LogP contribution in [-0.4, -0.2) is 15.6 Å². The van der Waals surface area contributed by atoms with Gasteiger partial charge < -0.3 is 9.67 Å². The maximum Gasteiger partial charge on any atom is 0.341 e. The third-order valence-electron chi connectivity index (χ3n) is 4.21. The number of carboxylic acids is 1. The molecule has 0 atom stereocenters. The minimum atomic E-state index is -1.34. The number of aromatic nitrogens is 1. The van der Waals surface area contributed by atoms with Gasteiger partial charge >= 0.3 is 5.97 Å². The van der Waals surface area contributed by atoms with Crippen molar-refractivity contribution in [1.29, 1.82) is 0 Å². The Bertz CT molecular complexity index is 1100. The quantitative estimate of drug-likeness (QED) is 0.694. The minimum absolute atomic E-state index is 0.0214. The van der Waals surface area contributed by atoms with Crippen LogP contribution in [0.1, 0.15) is 31.1 Å². The average Bonchev–Trinajstić information content (AvgIpc) is 2.54. The second-order valence-corrected chi connectivity index (χ2v) is 7.45. The van der Waals surface area contributed by atoms with Gasteiger partial charge in [-0.25, -0.2) is 9.18 Å². The number of rotatable bonds is 2. The van der Waals surface area contributed by atoms with Gasteiger partial charge in [0.2, 0.25) is 5.43 Å². The third-order valence-corrected chi connectivity index (χ3v) is 4.54. The van der Waals surface area contributed by atoms with Crippen LogP contribution in [0.5, 0.6) is 0 Å². The lowest BCUT2D eigenvalue weighted by molar-refractivity contribution is 0.0694. The Balaban J connectivity index is 2.47. The predicted molar refractivity (Wildman–Crippen MR) is 101 cm³/mol. The van der Waals surface area contributed by atoms with E-state index in [4.69, 9.17) is 11.6 Å². The number of pyridine rings is 1. The SMILES string of the molecule is CC(C)(C)n1cc(C(=O)O)c(=O)c2cc(F)c(-c3ccccc3Cl)cc21. The Labute approximate surface area is 154 Å². The molecule has 0 saturated carbocycles. The first-order valence-electron chi connectivity index (χ1n) is 7.99. The summed E-state index contributed by atoms with van der Waals surface area (Å²) in [5.41, 5.74) is -0.419. The van der Waals surface area contributed by atoms with E-state index in [9.17, 15) is 19.1 Å². The highest BCUT2D eigenvalue weighted by Crippen LogP contribution is 2.33. The number of aromatic carboxylic acids is 1. The summed E-state index contributed by atoms with van der Waals surface area (Å²) in [6, 6.07) is 9.47. The maximum atomic E-state index is 14.8. The molecule has 0 bridgehead atoms. The van der Waals surface area contributed by atoms with E-state index >= 15 is 0 Å². The molecular weight excluding hydrogens is 357 g/mol. The van der Waals surface area contributed by atoms with Gasteiger partial charge in [-0.15, -0.1) is 0 Å². The van der Waals surface area contributed by atoms with E-state index in [1.807, 2.05) is 20.8 Å². The Morgan fingerprint density at radius 2 is 1.81 bits per heavy atom. The molecule has 0 saturated heterocycles. The van der Waals surface area contributed by atoms with Gasteiger partial charge in [-0.2, -0.15) is 0 Å². The van der Waals surface area contributed by atoms with Crippen LogP contribution in [0, 0.1) is 5.82 Å². The zero-order valence-electron chi connectivity index (χ0n) is 14.5. The van der Waals surface area contributed by atoms with Crippen molar-refractivity contribution in [3.63, 3.8) is 0 Å². The Kier molecular flexibility index (Phi) is 4.36. The van der Waals surface area contributed by atoms with Crippen LogP contribution >= 0.6 is 11.6 Å². The lowest BCUT2D eigenvalue weighted by atomic mass is 9.99. The molecule has 26 heavy (non-hydrogen) atoms. The number of carboxylic acid groups (broad SMARTS) is 1. The largest absolute Gasteiger partial charge is 0.477 e. The lowest BCUT2D eigenvalue weighted by Crippen LogP contribution is -2.27. The van der Waals surface area contributed by atoms with E-state index in [1.165, 1.54) is 6.20 Å². The molecule has 134 valence electrons. The number of hydrogen-bond acceptors (Lipinski definition) is 2. The van der Waals surface area contributed by atoms with Gasteiger partial charge in [-0.3, -0.25) is 4.79 Å². The van der Waals surface area contributed by atoms with Crippen LogP contribution in [0.25, 0.3) is 22.0 Å². The summed E-state index contributed by atoms with van der Waals surface area (Å²) in [7, 11) is 0. The number of hydrogen-bond donors (Lipinski definition) is 1. The molecule has 1 heterocycles. The van der Waals surface area contributed by atoms with Crippen molar-refractivity contribution in [2.45, 2.75) is 26.3 Å². The summed E-state index contributed by atoms with van der Waals surface area (Å²) < 4.78 is 16.4. The fourth-order valence-corrected chi connectivity index (χ4v) is 3.18. The number of halogens is 2. The highest BCUT2D eigenvalue weighted by molar-refractivity contribution is 6.33. The first-order valence-corrected chi connectivity index (χ1v) is 8.36. The van der Waals surface area contributed by atoms with Crippen LogP contribution in [0.15, 0.2) is 47.4 Å². The number of nitrogens with zero attached hydrogens (tertiary/aromatic N) is 1. The second-order valence-electron chi connectivity index (χ2n) is 7.05. The van der Waals surface area contributed by atoms with Crippen LogP contribution in [0.3, 0.4) is 0 Å². The van der Waals surface area contributed by atoms with E-state index < -0.39 is 28.3 Å². The highest BCUT2D eigenvalue weighted by atomic mass is 35.5. The number of carbonyl (C=O) groups is 1. The van der Waals surface area contributed by atoms with Crippen molar-refractivity contribution >= 4 is 28.5 Å². The Hall–Kier alpha value is -2.66. The molecular formula is C20H17ClFNO3. The molecule has 2 aromatic carbocycles. The number of benzene rings is 2. The van der Waals surface area contributed by atoms with Gasteiger partial charge in [0.1, 0.15) is 11.4 Å². The fourth-order valence-electron chi connectivity index (χ4n) is 2.94. The topological polar surface area (TPSA) is 59.3 Å². The van der Waals surface area contributed by atoms with Gasteiger partial charge in [0.15, 0.2) is 0 Å². The third kappa shape index (κ3) is 2.99. The van der Waals surface area contributed by atoms with Crippen LogP contribution < -0.4 is 5.43 Å². The van der Waals surface area contributed by atoms with Crippen molar-refractivity contribution in [1.82, 2.24) is 4.57 Å². The first-order chi connectivity index (χ1) is 12.1. The summed E-state index contributed by atoms with van der Waals surface area (Å²) in [5, 5.41) is 9.74. The fraction of sp³-hybridized carbons (Fsp3) is 0.200. The highest BCUT2D eigenvalue weighted by Gasteiger charge is 2.23. The maximum absolute atomic E-state index is 14.8. The van der Waals surface area contributed by atoms with Gasteiger partial charge in [0, 0.05) is 33.3 Å². The minimum Gasteiger partial charge on any atom is -0.477 e. The summed E-state index contributed by atoms with van der Waals surface area (Å²) in [4.78, 5) is 24.0. The van der Waals surface area contributed by atoms with Crippen molar-refractivity contribution in [2.75, 3.05) is 0 Å². The summed E-state index contributed by atoms with van der Waals surface area (Å²) >= 11 is 6.20. The van der Waals surface area contributed by atoms with Crippen molar-refractivity contribution in [3.8, 4) is 11.1 Å². The number of fused-ring (bicyclic) bond motifs is 1. The average molecular weight is 374 g/mol. The molecule has 0 unspecified atom stereocenters. The van der Waals surface area contributed by atoms with Crippen LogP contribution in [-0.2, 0) is 5.54 Å². The zero-order valence-corrected chi connectivity index (χ0v) is 15.3. The lowest BCUT2D eigenvalue weighted by Gasteiger charge is -2.26. The van der Waals surface area contributed by atoms with E-state index in [0.29, 0.717) is 16.1 Å². The molecule has 0 amide bonds. The van der Waals surface area contributed by atoms with Gasteiger partial charge in [0.25, 0.3) is 0 Å². The van der Waals surface area contributed by atoms with Crippen LogP contribution in [0.4, 0.5) is 4.39 Å². The molecule has 0 radical (unpaired) electrons. The molecule has 0 aliphatic heterocycles. The summed E-state index contributed by atoms with van der Waals surface area (Å²) in [6.45, 7) is 5.63. The molecule has 6 heteroatoms. The first kappa shape index (κ1) is 18.1. The van der Waals surface area contributed by atoms with Crippen LogP contribution in [0.2, 0.25) is 5.02 Å². The van der Waals surface area contributed by atoms with E-state index in [-0.39, 0.29) is 10.9 Å². The monoisotopic (exact) mass is 373 g/mol. The van der Waals surface area contributed by atoms with E-state index in [1.54, 1.807) is 34.9 Å². The van der Waals surface area contributed by atoms with Crippen molar-refractivity contribution in [2.24, 2.45) is 0 Å². The standard InChI is InChI=1S/C20H17ClFNO3/c1-20(2,3)23-10-14(19(25)26)18(24)13-8-16(22)12(9-17(13)23)11-6-4-5-7-15(11)21/h4-10H,1-3H3,(H,25,26). The molecule has 0 aliphatic rings. The van der Waals surface area contributed by atoms with Gasteiger partial charge in [-0.05, 0) is 39.0 Å². The predicted octanol–water partition coefficient (Wildman–Crippen LogP) is 4.91. The smallest absolute Gasteiger partial charge is 0.341 e. The van der Waals surface area contributed by atoms with Crippen molar-refractivity contribution in [3.05, 3.63) is 69.2 Å². The van der Waals surface area contributed by atoms with Crippen molar-refractivity contribution < 1.29 is 14.3 Å². The van der Waals surface area contributed by atoms with Gasteiger partial charge in [-0.1, -0.05) is 29.8 Å². The molecule has 3 rings (SSSR count). The normalized spacial score (nSPS) is 11.7. The second kappa shape index (κ2) is 6.25. The van der Waals surface area contributed by atoms with E-state index in [0.717, 1.165) is 6.07 Å². The Morgan fingerprint density at radius 3 is 2.38 bits per heavy atom. The molecule has 1 N–H and O–H groups in total. The molecule has 0 spiro atoms. The van der Waals surface area contributed by atoms with E-state index in [2.05, 4.69) is 0 Å². The van der Waals surface area contributed by atoms with Gasteiger partial charge in [0.05, 0.1) is 5.52 Å². The Morgan fingerprint density at radius 1 is 1.15 bits per heavy atom. The molecule has 1 aromatic heterocycles. The molecule has 0 aliphatic carbocycles. The molecule has 3 aromatic rings. The molecule has 0 fully saturated rings.